The van der Waals surface area contributed by atoms with Gasteiger partial charge in [0.25, 0.3) is 0 Å². The third-order valence-corrected chi connectivity index (χ3v) is 4.97. The Morgan fingerprint density at radius 3 is 3.04 bits per heavy atom. The smallest absolute Gasteiger partial charge is 0.336 e. The van der Waals surface area contributed by atoms with E-state index in [1.165, 1.54) is 11.6 Å². The molecule has 1 unspecified atom stereocenters. The highest BCUT2D eigenvalue weighted by Gasteiger charge is 2.19. The molecule has 2 heterocycles. The topological polar surface area (TPSA) is 48.7 Å². The quantitative estimate of drug-likeness (QED) is 0.559. The van der Waals surface area contributed by atoms with Crippen LogP contribution in [0, 0.1) is 0 Å². The molecule has 0 bridgehead atoms. The van der Waals surface area contributed by atoms with Crippen molar-refractivity contribution >= 4 is 17.0 Å². The lowest BCUT2D eigenvalue weighted by molar-refractivity contribution is 0.181. The van der Waals surface area contributed by atoms with Crippen LogP contribution in [-0.4, -0.2) is 12.7 Å². The highest BCUT2D eigenvalue weighted by atomic mass is 16.5. The zero-order chi connectivity index (χ0) is 19.0. The summed E-state index contributed by atoms with van der Waals surface area (Å²) >= 11 is 0. The van der Waals surface area contributed by atoms with E-state index in [1.54, 1.807) is 6.07 Å². The molecule has 1 aliphatic carbocycles. The first-order chi connectivity index (χ1) is 13.0. The van der Waals surface area contributed by atoms with Gasteiger partial charge in [0, 0.05) is 23.4 Å². The molecule has 0 spiro atoms. The van der Waals surface area contributed by atoms with Crippen molar-refractivity contribution in [2.24, 2.45) is 0 Å². The molecule has 1 aromatic carbocycles. The fraction of sp³-hybridized carbons (Fsp3) is 0.261. The molecule has 2 aromatic rings. The van der Waals surface area contributed by atoms with Gasteiger partial charge in [-0.1, -0.05) is 24.3 Å². The Morgan fingerprint density at radius 1 is 1.41 bits per heavy atom. The zero-order valence-corrected chi connectivity index (χ0v) is 15.6. The summed E-state index contributed by atoms with van der Waals surface area (Å²) in [6.45, 7) is 8.37. The van der Waals surface area contributed by atoms with E-state index >= 15 is 0 Å². The minimum absolute atomic E-state index is 0.0396. The van der Waals surface area contributed by atoms with Crippen LogP contribution in [0.25, 0.3) is 17.0 Å². The van der Waals surface area contributed by atoms with Crippen molar-refractivity contribution in [2.45, 2.75) is 32.8 Å². The third-order valence-electron chi connectivity index (χ3n) is 4.97. The van der Waals surface area contributed by atoms with E-state index in [-0.39, 0.29) is 11.7 Å². The maximum Gasteiger partial charge on any atom is 0.336 e. The van der Waals surface area contributed by atoms with Crippen LogP contribution in [0.2, 0.25) is 0 Å². The van der Waals surface area contributed by atoms with Crippen molar-refractivity contribution in [1.29, 1.82) is 0 Å². The van der Waals surface area contributed by atoms with Crippen molar-refractivity contribution in [3.05, 3.63) is 81.5 Å². The molecule has 1 atom stereocenters. The lowest BCUT2D eigenvalue weighted by Gasteiger charge is -2.13. The molecule has 27 heavy (non-hydrogen) atoms. The normalized spacial score (nSPS) is 18.6. The van der Waals surface area contributed by atoms with Crippen LogP contribution in [0.1, 0.15) is 31.4 Å². The van der Waals surface area contributed by atoms with E-state index in [1.807, 2.05) is 19.1 Å². The van der Waals surface area contributed by atoms with Gasteiger partial charge in [0.1, 0.15) is 18.5 Å². The summed E-state index contributed by atoms with van der Waals surface area (Å²) in [6, 6.07) is 5.25. The molecule has 4 heteroatoms. The lowest BCUT2D eigenvalue weighted by Crippen LogP contribution is -2.06. The first-order valence-corrected chi connectivity index (χ1v) is 9.10. The number of ether oxygens (including phenoxy) is 2. The Labute approximate surface area is 158 Å². The van der Waals surface area contributed by atoms with Crippen molar-refractivity contribution in [3.63, 3.8) is 0 Å². The molecule has 0 radical (unpaired) electrons. The zero-order valence-electron chi connectivity index (χ0n) is 15.6. The van der Waals surface area contributed by atoms with Gasteiger partial charge in [-0.05, 0) is 55.7 Å². The van der Waals surface area contributed by atoms with E-state index in [9.17, 15) is 4.79 Å². The summed E-state index contributed by atoms with van der Waals surface area (Å²) in [5.41, 5.74) is 4.60. The number of fused-ring (bicyclic) bond motifs is 2. The molecule has 1 aromatic heterocycles. The van der Waals surface area contributed by atoms with Gasteiger partial charge in [-0.15, -0.1) is 0 Å². The number of rotatable bonds is 5. The van der Waals surface area contributed by atoms with Crippen LogP contribution in [-0.2, 0) is 11.2 Å². The fourth-order valence-corrected chi connectivity index (χ4v) is 3.51. The summed E-state index contributed by atoms with van der Waals surface area (Å²) < 4.78 is 17.2. The SMILES string of the molecule is C=C1OC(C/C(C)=C\COc2c3c(cc4ccc(=O)oc24)C=CC3)C=C1C. The highest BCUT2D eigenvalue weighted by Crippen LogP contribution is 2.36. The summed E-state index contributed by atoms with van der Waals surface area (Å²) in [4.78, 5) is 11.7. The second-order valence-electron chi connectivity index (χ2n) is 7.05. The predicted molar refractivity (Wildman–Crippen MR) is 107 cm³/mol. The Morgan fingerprint density at radius 2 is 2.26 bits per heavy atom. The van der Waals surface area contributed by atoms with Gasteiger partial charge >= 0.3 is 5.63 Å². The van der Waals surface area contributed by atoms with Crippen LogP contribution in [0.3, 0.4) is 0 Å². The molecule has 2 aliphatic rings. The van der Waals surface area contributed by atoms with Gasteiger partial charge in [0.05, 0.1) is 0 Å². The average molecular weight is 362 g/mol. The van der Waals surface area contributed by atoms with Gasteiger partial charge in [0.2, 0.25) is 0 Å². The average Bonchev–Trinajstić information content (AvgIpc) is 3.21. The Hall–Kier alpha value is -3.01. The maximum atomic E-state index is 11.7. The second-order valence-corrected chi connectivity index (χ2v) is 7.05. The molecule has 4 nitrogen and oxygen atoms in total. The molecule has 1 aliphatic heterocycles. The number of hydrogen-bond acceptors (Lipinski definition) is 4. The van der Waals surface area contributed by atoms with Gasteiger partial charge in [-0.25, -0.2) is 4.79 Å². The van der Waals surface area contributed by atoms with Gasteiger partial charge < -0.3 is 13.9 Å². The monoisotopic (exact) mass is 362 g/mol. The number of benzene rings is 1. The van der Waals surface area contributed by atoms with Crippen LogP contribution < -0.4 is 10.4 Å². The Bertz CT molecular complexity index is 1070. The standard InChI is InChI=1S/C23H22O4/c1-14(11-19-12-15(2)16(3)26-19)9-10-25-23-20-6-4-5-17(20)13-18-7-8-21(24)27-22(18)23/h4-5,7-9,12-13,19H,3,6,10-11H2,1-2H3/b14-9-. The van der Waals surface area contributed by atoms with Crippen LogP contribution in [0.15, 0.2) is 69.1 Å². The maximum absolute atomic E-state index is 11.7. The first-order valence-electron chi connectivity index (χ1n) is 9.10. The van der Waals surface area contributed by atoms with Crippen molar-refractivity contribution in [1.82, 2.24) is 0 Å². The van der Waals surface area contributed by atoms with Gasteiger partial charge in [-0.2, -0.15) is 0 Å². The molecule has 0 saturated carbocycles. The molecule has 0 fully saturated rings. The third kappa shape index (κ3) is 3.47. The second kappa shape index (κ2) is 6.95. The van der Waals surface area contributed by atoms with Crippen LogP contribution in [0.5, 0.6) is 5.75 Å². The van der Waals surface area contributed by atoms with Crippen LogP contribution >= 0.6 is 0 Å². The lowest BCUT2D eigenvalue weighted by atomic mass is 10.1. The van der Waals surface area contributed by atoms with Crippen LogP contribution in [0.4, 0.5) is 0 Å². The van der Waals surface area contributed by atoms with Gasteiger partial charge in [0.15, 0.2) is 11.3 Å². The van der Waals surface area contributed by atoms with Gasteiger partial charge in [-0.3, -0.25) is 0 Å². The Kier molecular flexibility index (Phi) is 4.48. The van der Waals surface area contributed by atoms with E-state index in [4.69, 9.17) is 13.9 Å². The molecule has 0 amide bonds. The number of hydrogen-bond donors (Lipinski definition) is 0. The highest BCUT2D eigenvalue weighted by molar-refractivity contribution is 5.88. The molecule has 0 N–H and O–H groups in total. The molecular weight excluding hydrogens is 340 g/mol. The largest absolute Gasteiger partial charge is 0.486 e. The Balaban J connectivity index is 1.53. The number of allylic oxidation sites excluding steroid dienone is 2. The fourth-order valence-electron chi connectivity index (χ4n) is 3.51. The molecular formula is C23H22O4. The molecule has 138 valence electrons. The summed E-state index contributed by atoms with van der Waals surface area (Å²) in [6.07, 6.45) is 9.92. The molecule has 0 saturated heterocycles. The van der Waals surface area contributed by atoms with Crippen molar-refractivity contribution in [2.75, 3.05) is 6.61 Å². The van der Waals surface area contributed by atoms with Crippen molar-refractivity contribution < 1.29 is 13.9 Å². The van der Waals surface area contributed by atoms with E-state index < -0.39 is 0 Å². The van der Waals surface area contributed by atoms with E-state index in [0.717, 1.165) is 40.7 Å². The predicted octanol–water partition coefficient (Wildman–Crippen LogP) is 4.94. The summed E-state index contributed by atoms with van der Waals surface area (Å²) in [5, 5.41) is 0.870. The summed E-state index contributed by atoms with van der Waals surface area (Å²) in [5.74, 6) is 1.41. The minimum Gasteiger partial charge on any atom is -0.486 e. The first kappa shape index (κ1) is 17.4. The van der Waals surface area contributed by atoms with E-state index in [0.29, 0.717) is 17.9 Å². The summed E-state index contributed by atoms with van der Waals surface area (Å²) in [7, 11) is 0. The van der Waals surface area contributed by atoms with Crippen molar-refractivity contribution in [3.8, 4) is 5.75 Å². The molecule has 4 rings (SSSR count). The van der Waals surface area contributed by atoms with E-state index in [2.05, 4.69) is 31.7 Å². The minimum atomic E-state index is -0.370.